The van der Waals surface area contributed by atoms with Crippen molar-refractivity contribution >= 4 is 22.8 Å². The van der Waals surface area contributed by atoms with Crippen LogP contribution >= 0.6 is 11.8 Å². The van der Waals surface area contributed by atoms with Crippen molar-refractivity contribution in [1.82, 2.24) is 0 Å². The van der Waals surface area contributed by atoms with E-state index in [1.165, 1.54) is 18.7 Å². The lowest BCUT2D eigenvalue weighted by atomic mass is 10.1. The van der Waals surface area contributed by atoms with Crippen LogP contribution in [0.3, 0.4) is 0 Å². The molecule has 0 heterocycles. The average Bonchev–Trinajstić information content (AvgIpc) is 2.17. The van der Waals surface area contributed by atoms with E-state index in [9.17, 15) is 9.59 Å². The largest absolute Gasteiger partial charge is 0.465 e. The first kappa shape index (κ1) is 14.0. The van der Waals surface area contributed by atoms with Crippen molar-refractivity contribution in [1.29, 1.82) is 5.26 Å². The minimum Gasteiger partial charge on any atom is -0.465 e. The van der Waals surface area contributed by atoms with Crippen LogP contribution in [0, 0.1) is 17.2 Å². The van der Waals surface area contributed by atoms with Crippen molar-refractivity contribution < 1.29 is 14.3 Å². The van der Waals surface area contributed by atoms with Crippen LogP contribution in [0.15, 0.2) is 0 Å². The molecule has 0 amide bonds. The fourth-order valence-corrected chi connectivity index (χ4v) is 1.58. The van der Waals surface area contributed by atoms with Gasteiger partial charge in [0, 0.05) is 12.7 Å². The Morgan fingerprint density at radius 2 is 2.20 bits per heavy atom. The zero-order valence-corrected chi connectivity index (χ0v) is 9.80. The summed E-state index contributed by atoms with van der Waals surface area (Å²) in [6.45, 7) is 3.49. The zero-order valence-electron chi connectivity index (χ0n) is 8.99. The van der Waals surface area contributed by atoms with Crippen LogP contribution in [-0.4, -0.2) is 23.4 Å². The van der Waals surface area contributed by atoms with Crippen molar-refractivity contribution in [3.63, 3.8) is 0 Å². The van der Waals surface area contributed by atoms with Gasteiger partial charge in [0.2, 0.25) is 0 Å². The van der Waals surface area contributed by atoms with Crippen molar-refractivity contribution in [3.8, 4) is 6.07 Å². The van der Waals surface area contributed by atoms with E-state index in [1.807, 2.05) is 6.07 Å². The van der Waals surface area contributed by atoms with Crippen molar-refractivity contribution in [3.05, 3.63) is 0 Å². The summed E-state index contributed by atoms with van der Waals surface area (Å²) >= 11 is 1.21. The fourth-order valence-electron chi connectivity index (χ4n) is 0.981. The summed E-state index contributed by atoms with van der Waals surface area (Å²) in [5.41, 5.74) is 0. The van der Waals surface area contributed by atoms with E-state index >= 15 is 0 Å². The van der Waals surface area contributed by atoms with E-state index in [1.54, 1.807) is 6.92 Å². The summed E-state index contributed by atoms with van der Waals surface area (Å²) < 4.78 is 4.74. The van der Waals surface area contributed by atoms with Crippen LogP contribution < -0.4 is 0 Å². The molecule has 84 valence electrons. The van der Waals surface area contributed by atoms with Gasteiger partial charge < -0.3 is 4.74 Å². The van der Waals surface area contributed by atoms with E-state index < -0.39 is 11.9 Å². The topological polar surface area (TPSA) is 67.2 Å². The van der Waals surface area contributed by atoms with Crippen LogP contribution in [0.5, 0.6) is 0 Å². The van der Waals surface area contributed by atoms with Gasteiger partial charge in [0.05, 0.1) is 12.7 Å². The summed E-state index contributed by atoms with van der Waals surface area (Å²) in [7, 11) is 0. The average molecular weight is 229 g/mol. The molecule has 4 nitrogen and oxygen atoms in total. The van der Waals surface area contributed by atoms with Crippen LogP contribution in [0.25, 0.3) is 0 Å². The SMILES string of the molecule is CCOC(=O)C(C#N)CCCSC(C)=O. The standard InChI is InChI=1S/C10H15NO3S/c1-3-14-10(13)9(7-11)5-4-6-15-8(2)12/h9H,3-6H2,1-2H3. The van der Waals surface area contributed by atoms with Crippen LogP contribution in [-0.2, 0) is 14.3 Å². The molecule has 0 aromatic carbocycles. The highest BCUT2D eigenvalue weighted by Crippen LogP contribution is 2.12. The minimum absolute atomic E-state index is 0.0552. The Kier molecular flexibility index (Phi) is 7.74. The van der Waals surface area contributed by atoms with Gasteiger partial charge in [-0.05, 0) is 19.8 Å². The Balaban J connectivity index is 3.76. The van der Waals surface area contributed by atoms with Gasteiger partial charge in [0.25, 0.3) is 0 Å². The molecule has 0 aliphatic rings. The third-order valence-corrected chi connectivity index (χ3v) is 2.57. The molecular weight excluding hydrogens is 214 g/mol. The number of carbonyl (C=O) groups excluding carboxylic acids is 2. The number of carbonyl (C=O) groups is 2. The molecule has 5 heteroatoms. The van der Waals surface area contributed by atoms with Gasteiger partial charge in [-0.3, -0.25) is 9.59 Å². The summed E-state index contributed by atoms with van der Waals surface area (Å²) in [6.07, 6.45) is 1.12. The number of hydrogen-bond acceptors (Lipinski definition) is 5. The first-order valence-electron chi connectivity index (χ1n) is 4.81. The molecule has 1 unspecified atom stereocenters. The monoisotopic (exact) mass is 229 g/mol. The molecule has 0 aliphatic heterocycles. The van der Waals surface area contributed by atoms with Gasteiger partial charge in [-0.1, -0.05) is 11.8 Å². The van der Waals surface area contributed by atoms with Crippen LogP contribution in [0.2, 0.25) is 0 Å². The second kappa shape index (κ2) is 8.30. The first-order chi connectivity index (χ1) is 7.11. The molecule has 0 spiro atoms. The normalized spacial score (nSPS) is 11.5. The second-order valence-electron chi connectivity index (χ2n) is 2.92. The van der Waals surface area contributed by atoms with E-state index in [0.717, 1.165) is 0 Å². The Bertz CT molecular complexity index is 260. The molecule has 0 bridgehead atoms. The van der Waals surface area contributed by atoms with Crippen LogP contribution in [0.4, 0.5) is 0 Å². The number of nitriles is 1. The van der Waals surface area contributed by atoms with E-state index in [2.05, 4.69) is 0 Å². The Morgan fingerprint density at radius 3 is 2.67 bits per heavy atom. The van der Waals surface area contributed by atoms with Gasteiger partial charge in [-0.15, -0.1) is 0 Å². The van der Waals surface area contributed by atoms with Gasteiger partial charge >= 0.3 is 5.97 Å². The maximum absolute atomic E-state index is 11.2. The zero-order chi connectivity index (χ0) is 11.7. The molecule has 0 saturated heterocycles. The summed E-state index contributed by atoms with van der Waals surface area (Å²) in [5, 5.41) is 8.76. The first-order valence-corrected chi connectivity index (χ1v) is 5.80. The molecule has 0 aromatic rings. The number of esters is 1. The van der Waals surface area contributed by atoms with Crippen LogP contribution in [0.1, 0.15) is 26.7 Å². The molecule has 0 N–H and O–H groups in total. The van der Waals surface area contributed by atoms with Crippen molar-refractivity contribution in [2.45, 2.75) is 26.7 Å². The quantitative estimate of drug-likeness (QED) is 0.512. The minimum atomic E-state index is -0.697. The number of thioether (sulfide) groups is 1. The molecule has 1 atom stereocenters. The van der Waals surface area contributed by atoms with Crippen molar-refractivity contribution in [2.75, 3.05) is 12.4 Å². The van der Waals surface area contributed by atoms with E-state index in [0.29, 0.717) is 25.2 Å². The maximum Gasteiger partial charge on any atom is 0.323 e. The number of rotatable bonds is 6. The Hall–Kier alpha value is -1.02. The predicted molar refractivity (Wildman–Crippen MR) is 58.1 cm³/mol. The summed E-state index contributed by atoms with van der Waals surface area (Å²) in [4.78, 5) is 21.8. The van der Waals surface area contributed by atoms with Gasteiger partial charge in [0.1, 0.15) is 5.92 Å². The lowest BCUT2D eigenvalue weighted by molar-refractivity contribution is -0.146. The molecule has 0 saturated carbocycles. The fraction of sp³-hybridized carbons (Fsp3) is 0.700. The Labute approximate surface area is 94.0 Å². The molecule has 0 fully saturated rings. The molecule has 0 aliphatic carbocycles. The third-order valence-electron chi connectivity index (χ3n) is 1.67. The van der Waals surface area contributed by atoms with E-state index in [4.69, 9.17) is 10.00 Å². The highest BCUT2D eigenvalue weighted by molar-refractivity contribution is 8.13. The molecule has 0 rings (SSSR count). The lowest BCUT2D eigenvalue weighted by Gasteiger charge is -2.07. The maximum atomic E-state index is 11.2. The molecule has 0 aromatic heterocycles. The summed E-state index contributed by atoms with van der Waals surface area (Å²) in [6, 6.07) is 1.91. The Morgan fingerprint density at radius 1 is 1.53 bits per heavy atom. The van der Waals surface area contributed by atoms with Gasteiger partial charge in [-0.25, -0.2) is 0 Å². The molecule has 0 radical (unpaired) electrons. The van der Waals surface area contributed by atoms with Gasteiger partial charge in [-0.2, -0.15) is 5.26 Å². The van der Waals surface area contributed by atoms with Crippen molar-refractivity contribution in [2.24, 2.45) is 5.92 Å². The third kappa shape index (κ3) is 6.97. The number of hydrogen-bond donors (Lipinski definition) is 0. The smallest absolute Gasteiger partial charge is 0.323 e. The highest BCUT2D eigenvalue weighted by atomic mass is 32.2. The van der Waals surface area contributed by atoms with Gasteiger partial charge in [0.15, 0.2) is 5.12 Å². The highest BCUT2D eigenvalue weighted by Gasteiger charge is 2.18. The molecular formula is C10H15NO3S. The molecule has 15 heavy (non-hydrogen) atoms. The number of ether oxygens (including phenoxy) is 1. The second-order valence-corrected chi connectivity index (χ2v) is 4.19. The van der Waals surface area contributed by atoms with E-state index in [-0.39, 0.29) is 5.12 Å². The predicted octanol–water partition coefficient (Wildman–Crippen LogP) is 1.75. The number of nitrogens with zero attached hydrogens (tertiary/aromatic N) is 1. The summed E-state index contributed by atoms with van der Waals surface area (Å²) in [5.74, 6) is -0.516. The lowest BCUT2D eigenvalue weighted by Crippen LogP contribution is -2.16.